The van der Waals surface area contributed by atoms with Crippen LogP contribution in [0.5, 0.6) is 0 Å². The number of anilines is 2. The third kappa shape index (κ3) is 4.03. The Hall–Kier alpha value is -2.58. The van der Waals surface area contributed by atoms with Crippen LogP contribution in [0.25, 0.3) is 0 Å². The molecule has 0 heterocycles. The van der Waals surface area contributed by atoms with E-state index < -0.39 is 0 Å². The average molecular weight is 335 g/mol. The zero-order valence-electron chi connectivity index (χ0n) is 13.8. The Labute approximate surface area is 147 Å². The van der Waals surface area contributed by atoms with Crippen LogP contribution in [0.2, 0.25) is 5.02 Å². The van der Waals surface area contributed by atoms with Gasteiger partial charge in [-0.2, -0.15) is 0 Å². The summed E-state index contributed by atoms with van der Waals surface area (Å²) in [6.45, 7) is 4.13. The zero-order valence-corrected chi connectivity index (χ0v) is 14.5. The van der Waals surface area contributed by atoms with Crippen molar-refractivity contribution >= 4 is 34.9 Å². The van der Waals surface area contributed by atoms with Gasteiger partial charge in [-0.15, -0.1) is 0 Å². The molecule has 3 aromatic rings. The van der Waals surface area contributed by atoms with Crippen molar-refractivity contribution in [2.45, 2.75) is 13.8 Å². The van der Waals surface area contributed by atoms with E-state index in [-0.39, 0.29) is 0 Å². The number of hydrogen-bond donors (Lipinski definition) is 1. The van der Waals surface area contributed by atoms with E-state index in [9.17, 15) is 0 Å². The van der Waals surface area contributed by atoms with Crippen molar-refractivity contribution in [1.29, 1.82) is 0 Å². The minimum atomic E-state index is 0.669. The van der Waals surface area contributed by atoms with E-state index in [1.54, 1.807) is 0 Å². The molecule has 3 heteroatoms. The number of benzene rings is 3. The Balaban J connectivity index is 1.89. The minimum Gasteiger partial charge on any atom is -0.355 e. The summed E-state index contributed by atoms with van der Waals surface area (Å²) >= 11 is 6.38. The molecule has 2 nitrogen and oxygen atoms in total. The van der Waals surface area contributed by atoms with Gasteiger partial charge < -0.3 is 5.32 Å². The Morgan fingerprint density at radius 2 is 1.46 bits per heavy atom. The highest BCUT2D eigenvalue weighted by atomic mass is 35.5. The first-order chi connectivity index (χ1) is 11.6. The first-order valence-electron chi connectivity index (χ1n) is 7.85. The van der Waals surface area contributed by atoms with Crippen molar-refractivity contribution in [1.82, 2.24) is 0 Å². The number of nitrogens with zero attached hydrogens (tertiary/aromatic N) is 1. The fourth-order valence-corrected chi connectivity index (χ4v) is 2.56. The lowest BCUT2D eigenvalue weighted by Gasteiger charge is -2.11. The van der Waals surface area contributed by atoms with Gasteiger partial charge in [-0.1, -0.05) is 53.1 Å². The van der Waals surface area contributed by atoms with Crippen molar-refractivity contribution in [2.24, 2.45) is 4.99 Å². The predicted octanol–water partition coefficient (Wildman–Crippen LogP) is 6.45. The molecule has 0 spiro atoms. The van der Waals surface area contributed by atoms with Crippen LogP contribution in [-0.2, 0) is 0 Å². The second kappa shape index (κ2) is 7.33. The molecule has 0 fully saturated rings. The maximum atomic E-state index is 6.38. The molecule has 3 rings (SSSR count). The molecule has 0 aliphatic rings. The Bertz CT molecular complexity index is 850. The number of aliphatic imine (C=N–C) groups is 1. The summed E-state index contributed by atoms with van der Waals surface area (Å²) in [7, 11) is 0. The molecule has 1 N–H and O–H groups in total. The topological polar surface area (TPSA) is 24.4 Å². The SMILES string of the molecule is Cc1ccc(N=Cc2c(Cl)cccc2Nc2ccc(C)cc2)cc1. The summed E-state index contributed by atoms with van der Waals surface area (Å²) in [5.41, 5.74) is 6.18. The van der Waals surface area contributed by atoms with Crippen molar-refractivity contribution in [3.8, 4) is 0 Å². The van der Waals surface area contributed by atoms with Gasteiger partial charge in [0.2, 0.25) is 0 Å². The number of halogens is 1. The molecule has 0 radical (unpaired) electrons. The van der Waals surface area contributed by atoms with Gasteiger partial charge in [-0.05, 0) is 50.2 Å². The van der Waals surface area contributed by atoms with E-state index >= 15 is 0 Å². The molecular weight excluding hydrogens is 316 g/mol. The molecule has 0 bridgehead atoms. The molecule has 0 amide bonds. The van der Waals surface area contributed by atoms with Crippen molar-refractivity contribution in [3.63, 3.8) is 0 Å². The normalized spacial score (nSPS) is 11.0. The van der Waals surface area contributed by atoms with Crippen molar-refractivity contribution in [3.05, 3.63) is 88.4 Å². The van der Waals surface area contributed by atoms with E-state index in [0.717, 1.165) is 22.6 Å². The molecule has 0 saturated carbocycles. The maximum Gasteiger partial charge on any atom is 0.0630 e. The maximum absolute atomic E-state index is 6.38. The Morgan fingerprint density at radius 3 is 2.12 bits per heavy atom. The molecule has 0 aromatic heterocycles. The molecule has 0 atom stereocenters. The third-order valence-corrected chi connectivity index (χ3v) is 4.09. The van der Waals surface area contributed by atoms with Crippen molar-refractivity contribution in [2.75, 3.05) is 5.32 Å². The van der Waals surface area contributed by atoms with Crippen LogP contribution in [0.4, 0.5) is 17.1 Å². The monoisotopic (exact) mass is 334 g/mol. The summed E-state index contributed by atoms with van der Waals surface area (Å²) in [5, 5.41) is 4.08. The molecule has 24 heavy (non-hydrogen) atoms. The summed E-state index contributed by atoms with van der Waals surface area (Å²) in [6, 6.07) is 22.2. The summed E-state index contributed by atoms with van der Waals surface area (Å²) < 4.78 is 0. The molecule has 0 unspecified atom stereocenters. The van der Waals surface area contributed by atoms with E-state index in [2.05, 4.69) is 48.4 Å². The molecule has 3 aromatic carbocycles. The first-order valence-corrected chi connectivity index (χ1v) is 8.22. The summed E-state index contributed by atoms with van der Waals surface area (Å²) in [5.74, 6) is 0. The van der Waals surface area contributed by atoms with E-state index in [1.807, 2.05) is 48.7 Å². The highest BCUT2D eigenvalue weighted by molar-refractivity contribution is 6.33. The van der Waals surface area contributed by atoms with Gasteiger partial charge in [0.05, 0.1) is 10.7 Å². The number of aryl methyl sites for hydroxylation is 2. The van der Waals surface area contributed by atoms with Crippen LogP contribution in [0.15, 0.2) is 71.7 Å². The zero-order chi connectivity index (χ0) is 16.9. The fraction of sp³-hybridized carbons (Fsp3) is 0.0952. The minimum absolute atomic E-state index is 0.669. The number of rotatable bonds is 4. The lowest BCUT2D eigenvalue weighted by Crippen LogP contribution is -1.96. The standard InChI is InChI=1S/C21H19ClN2/c1-15-6-10-17(11-7-15)23-14-19-20(22)4-3-5-21(19)24-18-12-8-16(2)9-13-18/h3-14,24H,1-2H3. The lowest BCUT2D eigenvalue weighted by molar-refractivity contribution is 1.43. The van der Waals surface area contributed by atoms with Crippen molar-refractivity contribution < 1.29 is 0 Å². The van der Waals surface area contributed by atoms with Crippen LogP contribution >= 0.6 is 11.6 Å². The molecule has 0 aliphatic heterocycles. The van der Waals surface area contributed by atoms with Gasteiger partial charge in [0.25, 0.3) is 0 Å². The van der Waals surface area contributed by atoms with Crippen LogP contribution < -0.4 is 5.32 Å². The van der Waals surface area contributed by atoms with E-state index in [0.29, 0.717) is 5.02 Å². The number of nitrogens with one attached hydrogen (secondary N) is 1. The largest absolute Gasteiger partial charge is 0.355 e. The number of hydrogen-bond acceptors (Lipinski definition) is 2. The average Bonchev–Trinajstić information content (AvgIpc) is 2.58. The summed E-state index contributed by atoms with van der Waals surface area (Å²) in [6.07, 6.45) is 1.81. The van der Waals surface area contributed by atoms with E-state index in [4.69, 9.17) is 11.6 Å². The summed E-state index contributed by atoms with van der Waals surface area (Å²) in [4.78, 5) is 4.55. The Kier molecular flexibility index (Phi) is 4.97. The second-order valence-corrected chi connectivity index (χ2v) is 6.19. The fourth-order valence-electron chi connectivity index (χ4n) is 2.34. The molecule has 120 valence electrons. The lowest BCUT2D eigenvalue weighted by atomic mass is 10.1. The predicted molar refractivity (Wildman–Crippen MR) is 104 cm³/mol. The van der Waals surface area contributed by atoms with Crippen LogP contribution in [0.3, 0.4) is 0 Å². The molecule has 0 aliphatic carbocycles. The van der Waals surface area contributed by atoms with E-state index in [1.165, 1.54) is 11.1 Å². The van der Waals surface area contributed by atoms with Crippen LogP contribution in [-0.4, -0.2) is 6.21 Å². The Morgan fingerprint density at radius 1 is 0.833 bits per heavy atom. The molecule has 0 saturated heterocycles. The van der Waals surface area contributed by atoms with Gasteiger partial charge in [0.15, 0.2) is 0 Å². The van der Waals surface area contributed by atoms with Gasteiger partial charge in [0, 0.05) is 23.2 Å². The van der Waals surface area contributed by atoms with Crippen LogP contribution in [0, 0.1) is 13.8 Å². The van der Waals surface area contributed by atoms with Gasteiger partial charge in [-0.3, -0.25) is 4.99 Å². The highest BCUT2D eigenvalue weighted by Gasteiger charge is 2.05. The third-order valence-electron chi connectivity index (χ3n) is 3.76. The highest BCUT2D eigenvalue weighted by Crippen LogP contribution is 2.26. The van der Waals surface area contributed by atoms with Gasteiger partial charge >= 0.3 is 0 Å². The molecular formula is C21H19ClN2. The first kappa shape index (κ1) is 16.3. The van der Waals surface area contributed by atoms with Gasteiger partial charge in [-0.25, -0.2) is 0 Å². The van der Waals surface area contributed by atoms with Gasteiger partial charge in [0.1, 0.15) is 0 Å². The smallest absolute Gasteiger partial charge is 0.0630 e. The van der Waals surface area contributed by atoms with Crippen LogP contribution in [0.1, 0.15) is 16.7 Å². The second-order valence-electron chi connectivity index (χ2n) is 5.79. The quantitative estimate of drug-likeness (QED) is 0.544.